The fourth-order valence-corrected chi connectivity index (χ4v) is 2.80. The standard InChI is InChI=1S/C22H24N4O2/c1-14-9-15(2)17(4)20(10-14)28-12-22(27)26-19-7-5-18(6-8-19)25-21-11-16(3)23-13-24-21/h5-11,13H,12H2,1-4H3,(H,26,27)(H,23,24,25). The summed E-state index contributed by atoms with van der Waals surface area (Å²) in [4.78, 5) is 20.5. The molecule has 0 unspecified atom stereocenters. The van der Waals surface area contributed by atoms with Crippen LogP contribution in [-0.4, -0.2) is 22.5 Å². The van der Waals surface area contributed by atoms with E-state index in [4.69, 9.17) is 4.74 Å². The Balaban J connectivity index is 1.56. The van der Waals surface area contributed by atoms with E-state index in [1.54, 1.807) is 0 Å². The maximum absolute atomic E-state index is 12.2. The van der Waals surface area contributed by atoms with Gasteiger partial charge in [0, 0.05) is 23.1 Å². The second-order valence-electron chi connectivity index (χ2n) is 6.79. The maximum Gasteiger partial charge on any atom is 0.262 e. The van der Waals surface area contributed by atoms with Crippen LogP contribution in [0.2, 0.25) is 0 Å². The quantitative estimate of drug-likeness (QED) is 0.664. The molecular formula is C22H24N4O2. The number of carbonyl (C=O) groups is 1. The lowest BCUT2D eigenvalue weighted by Crippen LogP contribution is -2.20. The molecule has 144 valence electrons. The lowest BCUT2D eigenvalue weighted by Gasteiger charge is -2.13. The van der Waals surface area contributed by atoms with E-state index in [1.807, 2.05) is 64.1 Å². The number of hydrogen-bond donors (Lipinski definition) is 2. The highest BCUT2D eigenvalue weighted by Gasteiger charge is 2.08. The third-order valence-electron chi connectivity index (χ3n) is 4.37. The van der Waals surface area contributed by atoms with E-state index in [1.165, 1.54) is 6.33 Å². The normalized spacial score (nSPS) is 10.4. The minimum absolute atomic E-state index is 0.0378. The Hall–Kier alpha value is -3.41. The Bertz CT molecular complexity index is 984. The van der Waals surface area contributed by atoms with Crippen molar-refractivity contribution in [1.82, 2.24) is 9.97 Å². The van der Waals surface area contributed by atoms with Gasteiger partial charge < -0.3 is 15.4 Å². The zero-order valence-electron chi connectivity index (χ0n) is 16.5. The van der Waals surface area contributed by atoms with Crippen LogP contribution in [0.15, 0.2) is 48.8 Å². The monoisotopic (exact) mass is 376 g/mol. The first kappa shape index (κ1) is 19.4. The molecule has 0 bridgehead atoms. The topological polar surface area (TPSA) is 76.1 Å². The van der Waals surface area contributed by atoms with Crippen molar-refractivity contribution in [2.45, 2.75) is 27.7 Å². The van der Waals surface area contributed by atoms with Gasteiger partial charge in [0.1, 0.15) is 17.9 Å². The van der Waals surface area contributed by atoms with Crippen LogP contribution in [0.25, 0.3) is 0 Å². The number of nitrogens with one attached hydrogen (secondary N) is 2. The van der Waals surface area contributed by atoms with E-state index < -0.39 is 0 Å². The predicted molar refractivity (Wildman–Crippen MR) is 111 cm³/mol. The number of nitrogens with zero attached hydrogens (tertiary/aromatic N) is 2. The average molecular weight is 376 g/mol. The van der Waals surface area contributed by atoms with Gasteiger partial charge in [-0.15, -0.1) is 0 Å². The second kappa shape index (κ2) is 8.52. The van der Waals surface area contributed by atoms with Gasteiger partial charge in [-0.3, -0.25) is 4.79 Å². The van der Waals surface area contributed by atoms with E-state index in [0.717, 1.165) is 39.6 Å². The first-order chi connectivity index (χ1) is 13.4. The highest BCUT2D eigenvalue weighted by atomic mass is 16.5. The Morgan fingerprint density at radius 3 is 2.39 bits per heavy atom. The molecule has 1 heterocycles. The third kappa shape index (κ3) is 5.07. The van der Waals surface area contributed by atoms with Crippen LogP contribution in [-0.2, 0) is 4.79 Å². The molecule has 3 rings (SSSR count). The highest BCUT2D eigenvalue weighted by molar-refractivity contribution is 5.92. The van der Waals surface area contributed by atoms with Gasteiger partial charge in [0.15, 0.2) is 6.61 Å². The van der Waals surface area contributed by atoms with Crippen LogP contribution in [0, 0.1) is 27.7 Å². The Morgan fingerprint density at radius 1 is 0.964 bits per heavy atom. The van der Waals surface area contributed by atoms with Crippen LogP contribution in [0.5, 0.6) is 5.75 Å². The van der Waals surface area contributed by atoms with Gasteiger partial charge in [0.05, 0.1) is 0 Å². The summed E-state index contributed by atoms with van der Waals surface area (Å²) < 4.78 is 5.71. The van der Waals surface area contributed by atoms with Crippen molar-refractivity contribution in [2.75, 3.05) is 17.2 Å². The maximum atomic E-state index is 12.2. The van der Waals surface area contributed by atoms with Gasteiger partial charge >= 0.3 is 0 Å². The molecule has 0 fully saturated rings. The summed E-state index contributed by atoms with van der Waals surface area (Å²) >= 11 is 0. The SMILES string of the molecule is Cc1cc(C)c(C)c(OCC(=O)Nc2ccc(Nc3cc(C)ncn3)cc2)c1. The second-order valence-corrected chi connectivity index (χ2v) is 6.79. The summed E-state index contributed by atoms with van der Waals surface area (Å²) in [6.07, 6.45) is 1.52. The summed E-state index contributed by atoms with van der Waals surface area (Å²) in [5, 5.41) is 6.04. The number of aromatic nitrogens is 2. The molecule has 2 aromatic carbocycles. The van der Waals surface area contributed by atoms with Crippen LogP contribution in [0.1, 0.15) is 22.4 Å². The minimum Gasteiger partial charge on any atom is -0.483 e. The van der Waals surface area contributed by atoms with Crippen LogP contribution >= 0.6 is 0 Å². The lowest BCUT2D eigenvalue weighted by molar-refractivity contribution is -0.118. The minimum atomic E-state index is -0.203. The smallest absolute Gasteiger partial charge is 0.262 e. The number of carbonyl (C=O) groups excluding carboxylic acids is 1. The zero-order valence-corrected chi connectivity index (χ0v) is 16.5. The van der Waals surface area contributed by atoms with E-state index >= 15 is 0 Å². The van der Waals surface area contributed by atoms with Crippen molar-refractivity contribution in [1.29, 1.82) is 0 Å². The summed E-state index contributed by atoms with van der Waals surface area (Å²) in [5.41, 5.74) is 5.78. The average Bonchev–Trinajstić information content (AvgIpc) is 2.65. The van der Waals surface area contributed by atoms with Crippen LogP contribution < -0.4 is 15.4 Å². The van der Waals surface area contributed by atoms with Gasteiger partial charge in [0.2, 0.25) is 0 Å². The molecule has 0 saturated heterocycles. The molecule has 0 spiro atoms. The van der Waals surface area contributed by atoms with Crippen molar-refractivity contribution < 1.29 is 9.53 Å². The molecule has 3 aromatic rings. The Morgan fingerprint density at radius 2 is 1.68 bits per heavy atom. The third-order valence-corrected chi connectivity index (χ3v) is 4.37. The highest BCUT2D eigenvalue weighted by Crippen LogP contribution is 2.23. The zero-order chi connectivity index (χ0) is 20.1. The van der Waals surface area contributed by atoms with E-state index in [-0.39, 0.29) is 12.5 Å². The number of anilines is 3. The number of benzene rings is 2. The first-order valence-electron chi connectivity index (χ1n) is 9.07. The Kier molecular flexibility index (Phi) is 5.89. The van der Waals surface area contributed by atoms with Crippen molar-refractivity contribution in [3.8, 4) is 5.75 Å². The number of hydrogen-bond acceptors (Lipinski definition) is 5. The molecule has 2 N–H and O–H groups in total. The molecule has 6 nitrogen and oxygen atoms in total. The first-order valence-corrected chi connectivity index (χ1v) is 9.07. The number of ether oxygens (including phenoxy) is 1. The van der Waals surface area contributed by atoms with Crippen molar-refractivity contribution in [2.24, 2.45) is 0 Å². The largest absolute Gasteiger partial charge is 0.483 e. The van der Waals surface area contributed by atoms with Gasteiger partial charge in [-0.1, -0.05) is 6.07 Å². The molecule has 28 heavy (non-hydrogen) atoms. The lowest BCUT2D eigenvalue weighted by atomic mass is 10.1. The molecule has 0 aliphatic heterocycles. The molecule has 0 aliphatic rings. The summed E-state index contributed by atoms with van der Waals surface area (Å²) in [5.74, 6) is 1.26. The molecule has 0 radical (unpaired) electrons. The van der Waals surface area contributed by atoms with Gasteiger partial charge in [0.25, 0.3) is 5.91 Å². The molecule has 0 saturated carbocycles. The van der Waals surface area contributed by atoms with E-state index in [2.05, 4.69) is 26.7 Å². The number of rotatable bonds is 6. The molecular weight excluding hydrogens is 352 g/mol. The molecule has 1 aromatic heterocycles. The van der Waals surface area contributed by atoms with Gasteiger partial charge in [-0.2, -0.15) is 0 Å². The van der Waals surface area contributed by atoms with Gasteiger partial charge in [-0.05, 0) is 74.7 Å². The molecule has 1 amide bonds. The molecule has 0 aliphatic carbocycles. The predicted octanol–water partition coefficient (Wildman–Crippen LogP) is 4.47. The summed E-state index contributed by atoms with van der Waals surface area (Å²) in [7, 11) is 0. The Labute approximate surface area is 165 Å². The van der Waals surface area contributed by atoms with Crippen LogP contribution in [0.3, 0.4) is 0 Å². The van der Waals surface area contributed by atoms with E-state index in [9.17, 15) is 4.79 Å². The van der Waals surface area contributed by atoms with Crippen molar-refractivity contribution in [3.63, 3.8) is 0 Å². The number of aryl methyl sites for hydroxylation is 3. The molecule has 0 atom stereocenters. The fraction of sp³-hybridized carbons (Fsp3) is 0.227. The van der Waals surface area contributed by atoms with Crippen molar-refractivity contribution >= 4 is 23.1 Å². The summed E-state index contributed by atoms with van der Waals surface area (Å²) in [6.45, 7) is 7.91. The van der Waals surface area contributed by atoms with Gasteiger partial charge in [-0.25, -0.2) is 9.97 Å². The van der Waals surface area contributed by atoms with Crippen LogP contribution in [0.4, 0.5) is 17.2 Å². The van der Waals surface area contributed by atoms with E-state index in [0.29, 0.717) is 5.69 Å². The summed E-state index contributed by atoms with van der Waals surface area (Å²) in [6, 6.07) is 13.3. The molecule has 6 heteroatoms. The fourth-order valence-electron chi connectivity index (χ4n) is 2.80. The van der Waals surface area contributed by atoms with Crippen molar-refractivity contribution in [3.05, 3.63) is 71.2 Å². The number of amides is 1.